The van der Waals surface area contributed by atoms with Crippen molar-refractivity contribution in [2.45, 2.75) is 37.0 Å². The van der Waals surface area contributed by atoms with Crippen molar-refractivity contribution in [1.29, 1.82) is 0 Å². The largest absolute Gasteiger partial charge is 0.409 e. The van der Waals surface area contributed by atoms with Gasteiger partial charge in [0.2, 0.25) is 0 Å². The fourth-order valence-corrected chi connectivity index (χ4v) is 2.53. The molecule has 1 aliphatic carbocycles. The van der Waals surface area contributed by atoms with Crippen molar-refractivity contribution in [1.82, 2.24) is 5.32 Å². The maximum Gasteiger partial charge on any atom is 0.153 e. The molecule has 0 aromatic carbocycles. The molecule has 0 unspecified atom stereocenters. The fraction of sp³-hybridized carbons (Fsp3) is 0.889. The highest BCUT2D eigenvalue weighted by Crippen LogP contribution is 2.26. The van der Waals surface area contributed by atoms with Crippen LogP contribution in [-0.2, 0) is 0 Å². The number of nitrogens with zero attached hydrogens (tertiary/aromatic N) is 1. The van der Waals surface area contributed by atoms with Crippen LogP contribution in [0.4, 0.5) is 0 Å². The lowest BCUT2D eigenvalue weighted by molar-refractivity contribution is 0.315. The van der Waals surface area contributed by atoms with E-state index in [1.165, 1.54) is 25.7 Å². The minimum atomic E-state index is 0.261. The van der Waals surface area contributed by atoms with Crippen molar-refractivity contribution in [3.05, 3.63) is 0 Å². The second kappa shape index (κ2) is 6.14. The van der Waals surface area contributed by atoms with Crippen molar-refractivity contribution < 1.29 is 5.21 Å². The number of nitrogens with one attached hydrogen (secondary N) is 1. The maximum atomic E-state index is 8.36. The van der Waals surface area contributed by atoms with Crippen molar-refractivity contribution in [3.63, 3.8) is 0 Å². The number of nitrogens with two attached hydrogens (primary N) is 1. The predicted octanol–water partition coefficient (Wildman–Crippen LogP) is 0.997. The van der Waals surface area contributed by atoms with Crippen LogP contribution in [0.2, 0.25) is 0 Å². The summed E-state index contributed by atoms with van der Waals surface area (Å²) in [6.07, 6.45) is 7.12. The summed E-state index contributed by atoms with van der Waals surface area (Å²) in [5.41, 5.74) is 5.38. The zero-order valence-corrected chi connectivity index (χ0v) is 9.39. The molecule has 82 valence electrons. The van der Waals surface area contributed by atoms with E-state index in [1.54, 1.807) is 0 Å². The Hall–Kier alpha value is -0.420. The van der Waals surface area contributed by atoms with Gasteiger partial charge in [-0.1, -0.05) is 5.16 Å². The monoisotopic (exact) mass is 217 g/mol. The molecule has 0 atom stereocenters. The number of amidine groups is 1. The molecule has 5 heteroatoms. The van der Waals surface area contributed by atoms with Crippen LogP contribution in [0.15, 0.2) is 5.16 Å². The molecule has 1 fully saturated rings. The van der Waals surface area contributed by atoms with Crippen LogP contribution in [0.5, 0.6) is 0 Å². The Balaban J connectivity index is 2.16. The van der Waals surface area contributed by atoms with E-state index in [-0.39, 0.29) is 5.84 Å². The normalized spacial score (nSPS) is 29.1. The zero-order chi connectivity index (χ0) is 10.4. The van der Waals surface area contributed by atoms with E-state index in [1.807, 2.05) is 11.8 Å². The SMILES string of the molecule is CSC1CCC(NCC(N)=NO)CC1. The molecule has 4 N–H and O–H groups in total. The summed E-state index contributed by atoms with van der Waals surface area (Å²) in [6.45, 7) is 0.491. The van der Waals surface area contributed by atoms with Crippen LogP contribution in [0.1, 0.15) is 25.7 Å². The number of hydrogen-bond acceptors (Lipinski definition) is 4. The molecule has 1 rings (SSSR count). The topological polar surface area (TPSA) is 70.6 Å². The van der Waals surface area contributed by atoms with Gasteiger partial charge in [0.05, 0.1) is 6.54 Å². The third kappa shape index (κ3) is 3.75. The molecule has 1 saturated carbocycles. The maximum absolute atomic E-state index is 8.36. The van der Waals surface area contributed by atoms with Gasteiger partial charge >= 0.3 is 0 Å². The summed E-state index contributed by atoms with van der Waals surface area (Å²) in [5, 5.41) is 15.4. The van der Waals surface area contributed by atoms with Gasteiger partial charge in [-0.3, -0.25) is 0 Å². The summed E-state index contributed by atoms with van der Waals surface area (Å²) in [7, 11) is 0. The molecule has 4 nitrogen and oxygen atoms in total. The van der Waals surface area contributed by atoms with Gasteiger partial charge in [0, 0.05) is 11.3 Å². The van der Waals surface area contributed by atoms with Crippen LogP contribution in [0.25, 0.3) is 0 Å². The summed E-state index contributed by atoms with van der Waals surface area (Å²) in [6, 6.07) is 0.540. The van der Waals surface area contributed by atoms with Crippen LogP contribution in [0.3, 0.4) is 0 Å². The average Bonchev–Trinajstić information content (AvgIpc) is 2.26. The van der Waals surface area contributed by atoms with Crippen LogP contribution in [-0.4, -0.2) is 35.1 Å². The van der Waals surface area contributed by atoms with Gasteiger partial charge in [0.25, 0.3) is 0 Å². The Labute approximate surface area is 89.3 Å². The molecular formula is C9H19N3OS. The van der Waals surface area contributed by atoms with Gasteiger partial charge in [0.1, 0.15) is 0 Å². The standard InChI is InChI=1S/C9H19N3OS/c1-14-8-4-2-7(3-5-8)11-6-9(10)12-13/h7-8,11,13H,2-6H2,1H3,(H2,10,12). The van der Waals surface area contributed by atoms with E-state index in [4.69, 9.17) is 10.9 Å². The molecular weight excluding hydrogens is 198 g/mol. The molecule has 1 aliphatic rings. The van der Waals surface area contributed by atoms with E-state index < -0.39 is 0 Å². The lowest BCUT2D eigenvalue weighted by Gasteiger charge is -2.27. The van der Waals surface area contributed by atoms with Crippen molar-refractivity contribution in [3.8, 4) is 0 Å². The molecule has 0 aliphatic heterocycles. The quantitative estimate of drug-likeness (QED) is 0.284. The first-order valence-corrected chi connectivity index (χ1v) is 6.27. The van der Waals surface area contributed by atoms with E-state index in [9.17, 15) is 0 Å². The first-order chi connectivity index (χ1) is 6.76. The Bertz CT molecular complexity index is 190. The minimum absolute atomic E-state index is 0.261. The van der Waals surface area contributed by atoms with E-state index in [0.717, 1.165) is 5.25 Å². The van der Waals surface area contributed by atoms with Gasteiger partial charge in [-0.15, -0.1) is 0 Å². The van der Waals surface area contributed by atoms with Crippen molar-refractivity contribution in [2.24, 2.45) is 10.9 Å². The first-order valence-electron chi connectivity index (χ1n) is 4.99. The Morgan fingerprint density at radius 1 is 1.50 bits per heavy atom. The third-order valence-corrected chi connectivity index (χ3v) is 3.85. The number of oxime groups is 1. The average molecular weight is 217 g/mol. The number of hydrogen-bond donors (Lipinski definition) is 3. The molecule has 0 aromatic heterocycles. The van der Waals surface area contributed by atoms with Gasteiger partial charge < -0.3 is 16.3 Å². The lowest BCUT2D eigenvalue weighted by atomic mass is 9.95. The Morgan fingerprint density at radius 2 is 2.14 bits per heavy atom. The molecule has 0 radical (unpaired) electrons. The predicted molar refractivity (Wildman–Crippen MR) is 61.0 cm³/mol. The van der Waals surface area contributed by atoms with E-state index in [2.05, 4.69) is 16.7 Å². The summed E-state index contributed by atoms with van der Waals surface area (Å²) in [4.78, 5) is 0. The van der Waals surface area contributed by atoms with Crippen LogP contribution in [0, 0.1) is 0 Å². The molecule has 0 amide bonds. The van der Waals surface area contributed by atoms with E-state index >= 15 is 0 Å². The molecule has 0 bridgehead atoms. The number of thioether (sulfide) groups is 1. The minimum Gasteiger partial charge on any atom is -0.409 e. The summed E-state index contributed by atoms with van der Waals surface area (Å²) >= 11 is 1.96. The molecule has 0 aromatic rings. The Morgan fingerprint density at radius 3 is 2.64 bits per heavy atom. The van der Waals surface area contributed by atoms with Gasteiger partial charge in [-0.25, -0.2) is 0 Å². The van der Waals surface area contributed by atoms with Gasteiger partial charge in [0.15, 0.2) is 5.84 Å². The van der Waals surface area contributed by atoms with Crippen molar-refractivity contribution in [2.75, 3.05) is 12.8 Å². The first kappa shape index (κ1) is 11.7. The van der Waals surface area contributed by atoms with E-state index in [0.29, 0.717) is 12.6 Å². The van der Waals surface area contributed by atoms with Crippen molar-refractivity contribution >= 4 is 17.6 Å². The summed E-state index contributed by atoms with van der Waals surface area (Å²) < 4.78 is 0. The van der Waals surface area contributed by atoms with Crippen LogP contribution >= 0.6 is 11.8 Å². The van der Waals surface area contributed by atoms with Crippen LogP contribution < -0.4 is 11.1 Å². The zero-order valence-electron chi connectivity index (χ0n) is 8.57. The fourth-order valence-electron chi connectivity index (χ4n) is 1.79. The van der Waals surface area contributed by atoms with Gasteiger partial charge in [-0.05, 0) is 31.9 Å². The third-order valence-electron chi connectivity index (χ3n) is 2.71. The lowest BCUT2D eigenvalue weighted by Crippen LogP contribution is -2.39. The molecule has 0 spiro atoms. The molecule has 0 heterocycles. The molecule has 0 saturated heterocycles. The highest BCUT2D eigenvalue weighted by Gasteiger charge is 2.19. The highest BCUT2D eigenvalue weighted by molar-refractivity contribution is 7.99. The summed E-state index contributed by atoms with van der Waals surface area (Å²) in [5.74, 6) is 0.261. The second-order valence-corrected chi connectivity index (χ2v) is 4.82. The van der Waals surface area contributed by atoms with Gasteiger partial charge in [-0.2, -0.15) is 11.8 Å². The highest BCUT2D eigenvalue weighted by atomic mass is 32.2. The smallest absolute Gasteiger partial charge is 0.153 e. The molecule has 14 heavy (non-hydrogen) atoms. The second-order valence-electron chi connectivity index (χ2n) is 3.68. The Kier molecular flexibility index (Phi) is 5.11. The number of rotatable bonds is 4.